The number of aryl methyl sites for hydroxylation is 1. The molecule has 0 radical (unpaired) electrons. The van der Waals surface area contributed by atoms with Gasteiger partial charge < -0.3 is 26.0 Å². The van der Waals surface area contributed by atoms with Gasteiger partial charge in [0.2, 0.25) is 23.6 Å². The predicted octanol–water partition coefficient (Wildman–Crippen LogP) is 4.49. The Balaban J connectivity index is 1.53. The zero-order valence-corrected chi connectivity index (χ0v) is 31.0. The molecule has 52 heavy (non-hydrogen) atoms. The van der Waals surface area contributed by atoms with Crippen LogP contribution >= 0.6 is 0 Å². The first-order chi connectivity index (χ1) is 24.8. The van der Waals surface area contributed by atoms with E-state index in [-0.39, 0.29) is 36.4 Å². The molecule has 4 rings (SSSR count). The van der Waals surface area contributed by atoms with Crippen LogP contribution in [0.4, 0.5) is 0 Å². The lowest BCUT2D eigenvalue weighted by Crippen LogP contribution is -2.59. The topological polar surface area (TPSA) is 146 Å². The largest absolute Gasteiger partial charge is 0.361 e. The summed E-state index contributed by atoms with van der Waals surface area (Å²) in [4.78, 5) is 68.4. The molecule has 0 aliphatic carbocycles. The van der Waals surface area contributed by atoms with Crippen molar-refractivity contribution in [1.82, 2.24) is 21.3 Å². The number of rotatable bonds is 20. The number of hydrogen-bond donors (Lipinski definition) is 4. The number of carbonyl (C=O) groups excluding carboxylic acids is 5. The van der Waals surface area contributed by atoms with Gasteiger partial charge in [-0.05, 0) is 61.1 Å². The van der Waals surface area contributed by atoms with E-state index in [1.807, 2.05) is 119 Å². The van der Waals surface area contributed by atoms with Crippen molar-refractivity contribution in [2.75, 3.05) is 6.61 Å². The zero-order valence-electron chi connectivity index (χ0n) is 31.0. The minimum atomic E-state index is -1.03. The molecular formula is C42H54N4O6. The summed E-state index contributed by atoms with van der Waals surface area (Å²) in [5, 5.41) is 11.6. The fourth-order valence-electron chi connectivity index (χ4n) is 6.15. The second-order valence-corrected chi connectivity index (χ2v) is 14.8. The second-order valence-electron chi connectivity index (χ2n) is 14.8. The number of benzene rings is 3. The highest BCUT2D eigenvalue weighted by atomic mass is 16.6. The molecule has 4 amide bonds. The van der Waals surface area contributed by atoms with E-state index in [9.17, 15) is 24.0 Å². The van der Waals surface area contributed by atoms with Crippen LogP contribution in [0.3, 0.4) is 0 Å². The molecular weight excluding hydrogens is 656 g/mol. The van der Waals surface area contributed by atoms with E-state index in [0.29, 0.717) is 32.3 Å². The maximum atomic E-state index is 14.1. The summed E-state index contributed by atoms with van der Waals surface area (Å²) in [5.74, 6) is -1.88. The molecule has 0 unspecified atom stereocenters. The summed E-state index contributed by atoms with van der Waals surface area (Å²) in [6, 6.07) is 24.6. The van der Waals surface area contributed by atoms with Gasteiger partial charge in [-0.2, -0.15) is 0 Å². The van der Waals surface area contributed by atoms with E-state index in [1.54, 1.807) is 6.92 Å². The van der Waals surface area contributed by atoms with E-state index < -0.39 is 47.5 Å². The third-order valence-electron chi connectivity index (χ3n) is 9.12. The molecule has 0 saturated carbocycles. The first-order valence-corrected chi connectivity index (χ1v) is 18.3. The van der Waals surface area contributed by atoms with E-state index >= 15 is 0 Å². The number of epoxide rings is 1. The average Bonchev–Trinajstić information content (AvgIpc) is 3.87. The van der Waals surface area contributed by atoms with Gasteiger partial charge in [0.05, 0.1) is 19.1 Å². The van der Waals surface area contributed by atoms with Crippen molar-refractivity contribution in [3.8, 4) is 0 Å². The number of Topliss-reactive ketones (excluding diaryl/α,β-unsaturated/α-hetero) is 1. The lowest BCUT2D eigenvalue weighted by molar-refractivity contribution is -0.135. The smallest absolute Gasteiger partial charge is 0.243 e. The highest BCUT2D eigenvalue weighted by molar-refractivity contribution is 5.98. The standard InChI is InChI=1S/C42H54N4O6/c1-28(2)23-34(38(48)42(5)27-52-42)44-41(51)36(25-31-17-11-7-12-18-31)46-40(50)35(24-29(3)4)45-39(49)33(22-21-30-15-9-6-10-16-30)43-37(47)26-32-19-13-8-14-20-32/h6-20,28-29,33-36H,21-27H2,1-5H3,(H,43,47)(H,44,51)(H,45,49)(H,46,50)/t33-,34-,35-,36-,42-/m0/s1. The maximum absolute atomic E-state index is 14.1. The third-order valence-corrected chi connectivity index (χ3v) is 9.12. The van der Waals surface area contributed by atoms with Crippen molar-refractivity contribution in [3.05, 3.63) is 108 Å². The van der Waals surface area contributed by atoms with Crippen LogP contribution in [-0.4, -0.2) is 65.8 Å². The van der Waals surface area contributed by atoms with Gasteiger partial charge in [0.1, 0.15) is 23.7 Å². The number of nitrogens with one attached hydrogen (secondary N) is 4. The Morgan fingerprint density at radius 3 is 1.58 bits per heavy atom. The first-order valence-electron chi connectivity index (χ1n) is 18.3. The van der Waals surface area contributed by atoms with Gasteiger partial charge in [-0.3, -0.25) is 24.0 Å². The molecule has 0 bridgehead atoms. The second kappa shape index (κ2) is 19.1. The van der Waals surface area contributed by atoms with E-state index in [0.717, 1.165) is 16.7 Å². The summed E-state index contributed by atoms with van der Waals surface area (Å²) in [5.41, 5.74) is 1.72. The first kappa shape index (κ1) is 39.9. The highest BCUT2D eigenvalue weighted by Crippen LogP contribution is 2.29. The molecule has 3 aromatic carbocycles. The van der Waals surface area contributed by atoms with Crippen LogP contribution < -0.4 is 21.3 Å². The molecule has 1 aliphatic rings. The van der Waals surface area contributed by atoms with Crippen LogP contribution in [0.15, 0.2) is 91.0 Å². The van der Waals surface area contributed by atoms with Crippen LogP contribution in [0.25, 0.3) is 0 Å². The summed E-state index contributed by atoms with van der Waals surface area (Å²) < 4.78 is 5.41. The van der Waals surface area contributed by atoms with Gasteiger partial charge in [-0.1, -0.05) is 119 Å². The third kappa shape index (κ3) is 12.7. The molecule has 1 aliphatic heterocycles. The Labute approximate surface area is 307 Å². The van der Waals surface area contributed by atoms with Crippen molar-refractivity contribution in [2.45, 2.75) is 103 Å². The number of ether oxygens (including phenoxy) is 1. The summed E-state index contributed by atoms with van der Waals surface area (Å²) >= 11 is 0. The Morgan fingerprint density at radius 1 is 0.596 bits per heavy atom. The molecule has 278 valence electrons. The molecule has 5 atom stereocenters. The number of hydrogen-bond acceptors (Lipinski definition) is 6. The minimum absolute atomic E-state index is 0.0141. The van der Waals surface area contributed by atoms with Crippen LogP contribution in [0.1, 0.15) is 70.6 Å². The molecule has 1 saturated heterocycles. The van der Waals surface area contributed by atoms with Crippen molar-refractivity contribution in [3.63, 3.8) is 0 Å². The lowest BCUT2D eigenvalue weighted by atomic mass is 9.93. The average molecular weight is 711 g/mol. The Bertz CT molecular complexity index is 1630. The normalized spacial score (nSPS) is 17.4. The molecule has 3 aromatic rings. The number of carbonyl (C=O) groups is 5. The molecule has 0 aromatic heterocycles. The monoisotopic (exact) mass is 710 g/mol. The van der Waals surface area contributed by atoms with Crippen molar-refractivity contribution in [1.29, 1.82) is 0 Å². The van der Waals surface area contributed by atoms with Gasteiger partial charge in [0.25, 0.3) is 0 Å². The quantitative estimate of drug-likeness (QED) is 0.127. The van der Waals surface area contributed by atoms with Crippen LogP contribution in [0.5, 0.6) is 0 Å². The van der Waals surface area contributed by atoms with Gasteiger partial charge in [0, 0.05) is 6.42 Å². The van der Waals surface area contributed by atoms with E-state index in [1.165, 1.54) is 0 Å². The summed E-state index contributed by atoms with van der Waals surface area (Å²) in [6.07, 6.45) is 1.84. The van der Waals surface area contributed by atoms with E-state index in [4.69, 9.17) is 4.74 Å². The molecule has 10 heteroatoms. The Hall–Kier alpha value is -4.83. The Morgan fingerprint density at radius 2 is 1.04 bits per heavy atom. The fraction of sp³-hybridized carbons (Fsp3) is 0.452. The molecule has 4 N–H and O–H groups in total. The van der Waals surface area contributed by atoms with Crippen LogP contribution in [0.2, 0.25) is 0 Å². The number of ketones is 1. The molecule has 0 spiro atoms. The van der Waals surface area contributed by atoms with Crippen LogP contribution in [-0.2, 0) is 48.0 Å². The van der Waals surface area contributed by atoms with Crippen LogP contribution in [0, 0.1) is 11.8 Å². The predicted molar refractivity (Wildman–Crippen MR) is 201 cm³/mol. The molecule has 1 heterocycles. The minimum Gasteiger partial charge on any atom is -0.361 e. The maximum Gasteiger partial charge on any atom is 0.243 e. The van der Waals surface area contributed by atoms with Gasteiger partial charge in [-0.25, -0.2) is 0 Å². The van der Waals surface area contributed by atoms with Gasteiger partial charge in [-0.15, -0.1) is 0 Å². The van der Waals surface area contributed by atoms with Gasteiger partial charge in [0.15, 0.2) is 5.78 Å². The number of amides is 4. The van der Waals surface area contributed by atoms with Crippen molar-refractivity contribution in [2.24, 2.45) is 11.8 Å². The highest BCUT2D eigenvalue weighted by Gasteiger charge is 2.50. The van der Waals surface area contributed by atoms with Gasteiger partial charge >= 0.3 is 0 Å². The van der Waals surface area contributed by atoms with Crippen molar-refractivity contribution >= 4 is 29.4 Å². The lowest BCUT2D eigenvalue weighted by Gasteiger charge is -2.28. The van der Waals surface area contributed by atoms with Crippen molar-refractivity contribution < 1.29 is 28.7 Å². The fourth-order valence-corrected chi connectivity index (χ4v) is 6.15. The Kier molecular flexibility index (Phi) is 14.7. The SMILES string of the molecule is CC(C)C[C@H](NC(=O)[C@H](CCc1ccccc1)NC(=O)Cc1ccccc1)C(=O)N[C@@H](Cc1ccccc1)C(=O)N[C@@H](CC(C)C)C(=O)[C@]1(C)CO1. The summed E-state index contributed by atoms with van der Waals surface area (Å²) in [6.45, 7) is 9.85. The van der Waals surface area contributed by atoms with E-state index in [2.05, 4.69) is 21.3 Å². The molecule has 10 nitrogen and oxygen atoms in total. The molecule has 1 fully saturated rings. The summed E-state index contributed by atoms with van der Waals surface area (Å²) in [7, 11) is 0. The zero-order chi connectivity index (χ0) is 37.7.